The van der Waals surface area contributed by atoms with Crippen LogP contribution >= 0.6 is 12.4 Å². The van der Waals surface area contributed by atoms with Gasteiger partial charge in [-0.05, 0) is 45.1 Å². The van der Waals surface area contributed by atoms with Crippen LogP contribution in [0.5, 0.6) is 11.5 Å². The molecular weight excluding hydrogens is 570 g/mol. The number of rotatable bonds is 5. The van der Waals surface area contributed by atoms with Crippen molar-refractivity contribution in [3.63, 3.8) is 0 Å². The first-order chi connectivity index (χ1) is 19.3. The van der Waals surface area contributed by atoms with Crippen LogP contribution in [0.3, 0.4) is 0 Å². The highest BCUT2D eigenvalue weighted by molar-refractivity contribution is 6.30. The standard InChI is InChI=1S/C30H35NO10.ClH/c1-6-30(38)12-19(41-20-11-17(31(3)4)25(33)13(2)40-20)22-15(24(30)29(37)39-5)10-16-23(28(22)36)27(35)21-14(26(16)34)8-7-9-18(21)32;/h7-10,13,17,19-20,24-25,32-33,36,38H,6,11-12H2,1-5H3;1H/t13-,17-,19-,20-,24-,25+,30+;/m0./s1. The number of carbonyl (C=O) groups is 3. The Morgan fingerprint density at radius 3 is 2.45 bits per heavy atom. The van der Waals surface area contributed by atoms with Gasteiger partial charge in [0.1, 0.15) is 17.4 Å². The summed E-state index contributed by atoms with van der Waals surface area (Å²) < 4.78 is 17.3. The van der Waals surface area contributed by atoms with Gasteiger partial charge in [0.25, 0.3) is 0 Å². The first kappa shape index (κ1) is 31.9. The summed E-state index contributed by atoms with van der Waals surface area (Å²) in [4.78, 5) is 42.1. The van der Waals surface area contributed by atoms with Crippen LogP contribution in [-0.4, -0.2) is 94.2 Å². The number of benzene rings is 2. The molecule has 5 rings (SSSR count). The average Bonchev–Trinajstić information content (AvgIpc) is 2.92. The van der Waals surface area contributed by atoms with Crippen molar-refractivity contribution in [3.8, 4) is 11.5 Å². The van der Waals surface area contributed by atoms with E-state index in [0.29, 0.717) is 0 Å². The number of ether oxygens (including phenoxy) is 3. The molecule has 0 saturated carbocycles. The van der Waals surface area contributed by atoms with Gasteiger partial charge in [-0.25, -0.2) is 0 Å². The molecule has 2 aromatic rings. The van der Waals surface area contributed by atoms with E-state index in [2.05, 4.69) is 0 Å². The van der Waals surface area contributed by atoms with Gasteiger partial charge < -0.3 is 39.5 Å². The fourth-order valence-corrected chi connectivity index (χ4v) is 6.50. The second-order valence-corrected chi connectivity index (χ2v) is 11.3. The molecule has 0 amide bonds. The largest absolute Gasteiger partial charge is 0.507 e. The van der Waals surface area contributed by atoms with Gasteiger partial charge in [-0.2, -0.15) is 0 Å². The number of phenolic OH excluding ortho intramolecular Hbond substituents is 2. The smallest absolute Gasteiger partial charge is 0.316 e. The third-order valence-corrected chi connectivity index (χ3v) is 8.77. The average molecular weight is 606 g/mol. The van der Waals surface area contributed by atoms with Crippen molar-refractivity contribution in [3.05, 3.63) is 57.6 Å². The molecule has 4 N–H and O–H groups in total. The quantitative estimate of drug-likeness (QED) is 0.316. The lowest BCUT2D eigenvalue weighted by Gasteiger charge is -2.46. The predicted molar refractivity (Wildman–Crippen MR) is 151 cm³/mol. The Morgan fingerprint density at radius 2 is 1.83 bits per heavy atom. The van der Waals surface area contributed by atoms with Gasteiger partial charge in [0.15, 0.2) is 12.1 Å². The molecule has 3 aliphatic rings. The number of ketones is 2. The minimum atomic E-state index is -1.69. The molecule has 228 valence electrons. The molecule has 0 aromatic heterocycles. The second-order valence-electron chi connectivity index (χ2n) is 11.3. The first-order valence-electron chi connectivity index (χ1n) is 13.6. The number of halogens is 1. The van der Waals surface area contributed by atoms with Gasteiger partial charge in [-0.3, -0.25) is 14.4 Å². The van der Waals surface area contributed by atoms with Crippen molar-refractivity contribution in [2.24, 2.45) is 0 Å². The van der Waals surface area contributed by atoms with E-state index < -0.39 is 65.2 Å². The molecule has 7 atom stereocenters. The van der Waals surface area contributed by atoms with Crippen LogP contribution in [0, 0.1) is 0 Å². The van der Waals surface area contributed by atoms with Crippen molar-refractivity contribution in [1.82, 2.24) is 4.90 Å². The topological polar surface area (TPSA) is 163 Å². The van der Waals surface area contributed by atoms with Crippen LogP contribution < -0.4 is 0 Å². The molecule has 1 aliphatic heterocycles. The highest BCUT2D eigenvalue weighted by Crippen LogP contribution is 2.54. The molecule has 42 heavy (non-hydrogen) atoms. The summed E-state index contributed by atoms with van der Waals surface area (Å²) in [6, 6.07) is 5.14. The van der Waals surface area contributed by atoms with Crippen molar-refractivity contribution < 1.29 is 49.0 Å². The monoisotopic (exact) mass is 605 g/mol. The second kappa shape index (κ2) is 11.6. The molecule has 0 unspecified atom stereocenters. The number of methoxy groups -OCH3 is 1. The molecule has 0 bridgehead atoms. The number of aliphatic hydroxyl groups excluding tert-OH is 1. The maximum absolute atomic E-state index is 13.6. The van der Waals surface area contributed by atoms with Gasteiger partial charge in [0.05, 0.1) is 42.1 Å². The zero-order valence-electron chi connectivity index (χ0n) is 24.0. The fourth-order valence-electron chi connectivity index (χ4n) is 6.50. The van der Waals surface area contributed by atoms with Crippen molar-refractivity contribution in [1.29, 1.82) is 0 Å². The summed E-state index contributed by atoms with van der Waals surface area (Å²) in [5, 5.41) is 44.5. The van der Waals surface area contributed by atoms with Crippen LogP contribution in [0.25, 0.3) is 0 Å². The van der Waals surface area contributed by atoms with Gasteiger partial charge in [-0.1, -0.05) is 19.1 Å². The Kier molecular flexibility index (Phi) is 8.77. The molecule has 1 fully saturated rings. The summed E-state index contributed by atoms with van der Waals surface area (Å²) in [6.45, 7) is 3.41. The number of hydrogen-bond donors (Lipinski definition) is 4. The number of esters is 1. The van der Waals surface area contributed by atoms with E-state index >= 15 is 0 Å². The SMILES string of the molecule is CC[C@@]1(O)C[C@H](O[C@H]2C[C@H](N(C)C)[C@H](O)[C@H](C)O2)c2c(cc3c(c2O)C(=O)c2c(O)cccc2C3=O)[C@H]1C(=O)OC.Cl. The molecule has 1 heterocycles. The van der Waals surface area contributed by atoms with E-state index in [1.807, 2.05) is 19.0 Å². The van der Waals surface area contributed by atoms with Crippen LogP contribution in [0.15, 0.2) is 24.3 Å². The minimum Gasteiger partial charge on any atom is -0.507 e. The van der Waals surface area contributed by atoms with E-state index in [4.69, 9.17) is 14.2 Å². The lowest BCUT2D eigenvalue weighted by molar-refractivity contribution is -0.258. The molecule has 0 radical (unpaired) electrons. The van der Waals surface area contributed by atoms with E-state index in [9.17, 15) is 34.8 Å². The summed E-state index contributed by atoms with van der Waals surface area (Å²) >= 11 is 0. The third-order valence-electron chi connectivity index (χ3n) is 8.77. The van der Waals surface area contributed by atoms with E-state index in [0.717, 1.165) is 0 Å². The molecule has 0 spiro atoms. The van der Waals surface area contributed by atoms with Crippen LogP contribution in [0.2, 0.25) is 0 Å². The lowest BCUT2D eigenvalue weighted by atomic mass is 9.67. The van der Waals surface area contributed by atoms with E-state index in [1.54, 1.807) is 13.8 Å². The number of hydrogen-bond acceptors (Lipinski definition) is 11. The Labute approximate surface area is 249 Å². The Hall–Kier alpha value is -3.06. The molecule has 11 nitrogen and oxygen atoms in total. The van der Waals surface area contributed by atoms with Crippen LogP contribution in [0.4, 0.5) is 0 Å². The van der Waals surface area contributed by atoms with Crippen LogP contribution in [0.1, 0.15) is 88.1 Å². The van der Waals surface area contributed by atoms with Gasteiger partial charge in [-0.15, -0.1) is 12.4 Å². The summed E-state index contributed by atoms with van der Waals surface area (Å²) in [6.07, 6.45) is -3.09. The van der Waals surface area contributed by atoms with Gasteiger partial charge in [0, 0.05) is 35.6 Å². The first-order valence-corrected chi connectivity index (χ1v) is 13.6. The predicted octanol–water partition coefficient (Wildman–Crippen LogP) is 2.58. The highest BCUT2D eigenvalue weighted by Gasteiger charge is 2.53. The summed E-state index contributed by atoms with van der Waals surface area (Å²) in [7, 11) is 4.82. The maximum atomic E-state index is 13.6. The minimum absolute atomic E-state index is 0. The highest BCUT2D eigenvalue weighted by atomic mass is 35.5. The summed E-state index contributed by atoms with van der Waals surface area (Å²) in [5.74, 6) is -4.42. The Bertz CT molecular complexity index is 1430. The van der Waals surface area contributed by atoms with E-state index in [1.165, 1.54) is 31.4 Å². The number of likely N-dealkylation sites (N-methyl/N-ethyl adjacent to an activating group) is 1. The van der Waals surface area contributed by atoms with Gasteiger partial charge in [0.2, 0.25) is 5.78 Å². The zero-order chi connectivity index (χ0) is 30.0. The number of phenols is 2. The lowest BCUT2D eigenvalue weighted by Crippen LogP contribution is -2.54. The fraction of sp³-hybridized carbons (Fsp3) is 0.500. The zero-order valence-corrected chi connectivity index (χ0v) is 24.8. The van der Waals surface area contributed by atoms with E-state index in [-0.39, 0.29) is 71.1 Å². The summed E-state index contributed by atoms with van der Waals surface area (Å²) in [5.41, 5.74) is -2.27. The van der Waals surface area contributed by atoms with Crippen LogP contribution in [-0.2, 0) is 19.0 Å². The maximum Gasteiger partial charge on any atom is 0.316 e. The molecule has 2 aromatic carbocycles. The number of aliphatic hydroxyl groups is 2. The number of nitrogens with zero attached hydrogens (tertiary/aromatic N) is 1. The number of fused-ring (bicyclic) bond motifs is 3. The molecule has 2 aliphatic carbocycles. The van der Waals surface area contributed by atoms with Gasteiger partial charge >= 0.3 is 5.97 Å². The number of aromatic hydroxyl groups is 2. The number of carbonyl (C=O) groups excluding carboxylic acids is 3. The normalized spacial score (nSPS) is 30.2. The molecule has 1 saturated heterocycles. The third kappa shape index (κ3) is 4.87. The Morgan fingerprint density at radius 1 is 1.14 bits per heavy atom. The van der Waals surface area contributed by atoms with Crippen molar-refractivity contribution in [2.45, 2.75) is 75.3 Å². The van der Waals surface area contributed by atoms with Crippen molar-refractivity contribution in [2.75, 3.05) is 21.2 Å². The van der Waals surface area contributed by atoms with Crippen molar-refractivity contribution >= 4 is 29.9 Å². The Balaban J connectivity index is 0.00000405. The molecular formula is C30H36ClNO10. The molecule has 12 heteroatoms.